The van der Waals surface area contributed by atoms with Crippen LogP contribution in [0.15, 0.2) is 48.0 Å². The van der Waals surface area contributed by atoms with Gasteiger partial charge >= 0.3 is 0 Å². The number of hydrogen-bond donors (Lipinski definition) is 1. The molecule has 0 saturated carbocycles. The highest BCUT2D eigenvalue weighted by atomic mass is 16.5. The second-order valence-corrected chi connectivity index (χ2v) is 7.48. The van der Waals surface area contributed by atoms with Crippen molar-refractivity contribution < 1.29 is 33.6 Å². The summed E-state index contributed by atoms with van der Waals surface area (Å²) in [5.41, 5.74) is 0.984. The standard InChI is InChI=1S/C25H29NO7/c1-5-12-33-18-8-6-7-17(14-18)23(27)21-22(26(11-13-30-2)25(29)24(21)28)16-9-10-19(31-3)20(15-16)32-4/h6-10,14-15,22,27H,5,11-13H2,1-4H3/b23-21+. The van der Waals surface area contributed by atoms with Crippen LogP contribution in [0.3, 0.4) is 0 Å². The van der Waals surface area contributed by atoms with Crippen molar-refractivity contribution in [3.05, 3.63) is 59.2 Å². The van der Waals surface area contributed by atoms with E-state index in [1.165, 1.54) is 26.2 Å². The van der Waals surface area contributed by atoms with Gasteiger partial charge in [-0.1, -0.05) is 25.1 Å². The van der Waals surface area contributed by atoms with Crippen LogP contribution in [0.5, 0.6) is 17.2 Å². The van der Waals surface area contributed by atoms with Gasteiger partial charge in [-0.3, -0.25) is 9.59 Å². The largest absolute Gasteiger partial charge is 0.507 e. The summed E-state index contributed by atoms with van der Waals surface area (Å²) in [6.45, 7) is 2.93. The van der Waals surface area contributed by atoms with Crippen molar-refractivity contribution in [1.29, 1.82) is 0 Å². The fourth-order valence-corrected chi connectivity index (χ4v) is 3.78. The van der Waals surface area contributed by atoms with Crippen LogP contribution in [0.25, 0.3) is 5.76 Å². The van der Waals surface area contributed by atoms with E-state index in [1.54, 1.807) is 42.5 Å². The molecular weight excluding hydrogens is 426 g/mol. The average Bonchev–Trinajstić information content (AvgIpc) is 3.10. The first-order valence-electron chi connectivity index (χ1n) is 10.7. The van der Waals surface area contributed by atoms with Gasteiger partial charge in [-0.2, -0.15) is 0 Å². The number of methoxy groups -OCH3 is 3. The van der Waals surface area contributed by atoms with Gasteiger partial charge in [0.25, 0.3) is 11.7 Å². The normalized spacial score (nSPS) is 17.3. The number of aliphatic hydroxyl groups is 1. The number of rotatable bonds is 10. The molecule has 0 bridgehead atoms. The molecule has 176 valence electrons. The molecule has 0 radical (unpaired) electrons. The zero-order valence-corrected chi connectivity index (χ0v) is 19.3. The molecule has 8 nitrogen and oxygen atoms in total. The van der Waals surface area contributed by atoms with Crippen LogP contribution in [-0.2, 0) is 14.3 Å². The van der Waals surface area contributed by atoms with Crippen molar-refractivity contribution in [3.8, 4) is 17.2 Å². The second kappa shape index (κ2) is 10.9. The van der Waals surface area contributed by atoms with E-state index in [2.05, 4.69) is 0 Å². The van der Waals surface area contributed by atoms with Crippen molar-refractivity contribution in [2.45, 2.75) is 19.4 Å². The van der Waals surface area contributed by atoms with Crippen LogP contribution in [0.1, 0.15) is 30.5 Å². The summed E-state index contributed by atoms with van der Waals surface area (Å²) in [5.74, 6) is -0.208. The lowest BCUT2D eigenvalue weighted by molar-refractivity contribution is -0.140. The Kier molecular flexibility index (Phi) is 7.95. The highest BCUT2D eigenvalue weighted by molar-refractivity contribution is 6.46. The summed E-state index contributed by atoms with van der Waals surface area (Å²) in [5, 5.41) is 11.2. The second-order valence-electron chi connectivity index (χ2n) is 7.48. The topological polar surface area (TPSA) is 94.5 Å². The number of likely N-dealkylation sites (tertiary alicyclic amines) is 1. The number of aliphatic hydroxyl groups excluding tert-OH is 1. The molecule has 1 N–H and O–H groups in total. The first-order chi connectivity index (χ1) is 16.0. The van der Waals surface area contributed by atoms with Crippen molar-refractivity contribution in [2.24, 2.45) is 0 Å². The minimum atomic E-state index is -0.819. The zero-order chi connectivity index (χ0) is 24.0. The number of hydrogen-bond acceptors (Lipinski definition) is 7. The number of carbonyl (C=O) groups is 2. The summed E-state index contributed by atoms with van der Waals surface area (Å²) in [4.78, 5) is 27.4. The molecule has 0 aromatic heterocycles. The lowest BCUT2D eigenvalue weighted by Gasteiger charge is -2.25. The fourth-order valence-electron chi connectivity index (χ4n) is 3.78. The predicted octanol–water partition coefficient (Wildman–Crippen LogP) is 3.56. The van der Waals surface area contributed by atoms with Gasteiger partial charge < -0.3 is 29.0 Å². The van der Waals surface area contributed by atoms with E-state index < -0.39 is 17.7 Å². The number of benzene rings is 2. The van der Waals surface area contributed by atoms with Crippen LogP contribution < -0.4 is 14.2 Å². The quantitative estimate of drug-likeness (QED) is 0.333. The maximum Gasteiger partial charge on any atom is 0.295 e. The van der Waals surface area contributed by atoms with Gasteiger partial charge in [0.1, 0.15) is 11.5 Å². The number of nitrogens with zero attached hydrogens (tertiary/aromatic N) is 1. The maximum absolute atomic E-state index is 13.1. The van der Waals surface area contributed by atoms with Crippen molar-refractivity contribution in [1.82, 2.24) is 4.90 Å². The van der Waals surface area contributed by atoms with Crippen molar-refractivity contribution >= 4 is 17.4 Å². The molecule has 33 heavy (non-hydrogen) atoms. The third kappa shape index (κ3) is 4.96. The first kappa shape index (κ1) is 24.1. The van der Waals surface area contributed by atoms with Crippen LogP contribution in [-0.4, -0.2) is 62.8 Å². The Morgan fingerprint density at radius 3 is 2.42 bits per heavy atom. The number of carbonyl (C=O) groups excluding carboxylic acids is 2. The zero-order valence-electron chi connectivity index (χ0n) is 19.3. The van der Waals surface area contributed by atoms with E-state index in [4.69, 9.17) is 18.9 Å². The Hall–Kier alpha value is -3.52. The summed E-state index contributed by atoms with van der Waals surface area (Å²) in [6.07, 6.45) is 0.833. The summed E-state index contributed by atoms with van der Waals surface area (Å²) in [7, 11) is 4.55. The molecule has 2 aromatic rings. The maximum atomic E-state index is 13.1. The molecule has 1 unspecified atom stereocenters. The van der Waals surface area contributed by atoms with Crippen LogP contribution in [0.4, 0.5) is 0 Å². The van der Waals surface area contributed by atoms with Gasteiger partial charge in [0.15, 0.2) is 11.5 Å². The number of Topliss-reactive ketones (excluding diaryl/α,β-unsaturated/α-hetero) is 1. The van der Waals surface area contributed by atoms with Gasteiger partial charge in [-0.05, 0) is 36.2 Å². The number of ketones is 1. The minimum absolute atomic E-state index is 0.00374. The SMILES string of the molecule is CCCOc1cccc(/C(O)=C2\C(=O)C(=O)N(CCOC)C2c2ccc(OC)c(OC)c2)c1. The lowest BCUT2D eigenvalue weighted by Crippen LogP contribution is -2.32. The molecule has 1 aliphatic rings. The van der Waals surface area contributed by atoms with Gasteiger partial charge in [0.05, 0.1) is 39.0 Å². The van der Waals surface area contributed by atoms with Crippen LogP contribution in [0, 0.1) is 0 Å². The Bertz CT molecular complexity index is 1050. The Labute approximate surface area is 193 Å². The van der Waals surface area contributed by atoms with Gasteiger partial charge in [-0.15, -0.1) is 0 Å². The molecule has 1 atom stereocenters. The summed E-state index contributed by atoms with van der Waals surface area (Å²) in [6, 6.07) is 11.1. The fraction of sp³-hybridized carbons (Fsp3) is 0.360. The molecule has 3 rings (SSSR count). The van der Waals surface area contributed by atoms with Crippen molar-refractivity contribution in [3.63, 3.8) is 0 Å². The molecule has 8 heteroatoms. The van der Waals surface area contributed by atoms with Crippen LogP contribution in [0.2, 0.25) is 0 Å². The smallest absolute Gasteiger partial charge is 0.295 e. The monoisotopic (exact) mass is 455 g/mol. The number of amides is 1. The molecule has 0 spiro atoms. The molecule has 1 heterocycles. The van der Waals surface area contributed by atoms with E-state index in [0.29, 0.717) is 35.0 Å². The third-order valence-electron chi connectivity index (χ3n) is 5.38. The highest BCUT2D eigenvalue weighted by Crippen LogP contribution is 2.42. The van der Waals surface area contributed by atoms with E-state index >= 15 is 0 Å². The third-order valence-corrected chi connectivity index (χ3v) is 5.38. The summed E-state index contributed by atoms with van der Waals surface area (Å²) >= 11 is 0. The van der Waals surface area contributed by atoms with E-state index in [1.807, 2.05) is 6.92 Å². The molecule has 1 saturated heterocycles. The molecule has 1 fully saturated rings. The van der Waals surface area contributed by atoms with Gasteiger partial charge in [-0.25, -0.2) is 0 Å². The predicted molar refractivity (Wildman–Crippen MR) is 123 cm³/mol. The Balaban J connectivity index is 2.15. The minimum Gasteiger partial charge on any atom is -0.507 e. The first-order valence-corrected chi connectivity index (χ1v) is 10.7. The molecule has 0 aliphatic carbocycles. The van der Waals surface area contributed by atoms with E-state index in [9.17, 15) is 14.7 Å². The molecule has 1 amide bonds. The average molecular weight is 456 g/mol. The molecule has 2 aromatic carbocycles. The number of ether oxygens (including phenoxy) is 4. The van der Waals surface area contributed by atoms with Gasteiger partial charge in [0, 0.05) is 19.2 Å². The lowest BCUT2D eigenvalue weighted by atomic mass is 9.95. The van der Waals surface area contributed by atoms with E-state index in [-0.39, 0.29) is 24.5 Å². The van der Waals surface area contributed by atoms with Crippen LogP contribution >= 0.6 is 0 Å². The van der Waals surface area contributed by atoms with Gasteiger partial charge in [0.2, 0.25) is 0 Å². The highest BCUT2D eigenvalue weighted by Gasteiger charge is 2.46. The summed E-state index contributed by atoms with van der Waals surface area (Å²) < 4.78 is 21.5. The molecular formula is C25H29NO7. The van der Waals surface area contributed by atoms with E-state index in [0.717, 1.165) is 6.42 Å². The Morgan fingerprint density at radius 2 is 1.76 bits per heavy atom. The van der Waals surface area contributed by atoms with Crippen molar-refractivity contribution in [2.75, 3.05) is 41.1 Å². The molecule has 1 aliphatic heterocycles. The Morgan fingerprint density at radius 1 is 1.00 bits per heavy atom.